The first-order chi connectivity index (χ1) is 18.4. The van der Waals surface area contributed by atoms with E-state index in [1.165, 1.54) is 0 Å². The number of benzene rings is 1. The lowest BCUT2D eigenvalue weighted by atomic mass is 9.62. The van der Waals surface area contributed by atoms with E-state index in [0.29, 0.717) is 12.8 Å². The largest absolute Gasteiger partial charge is 0.466 e. The minimum Gasteiger partial charge on any atom is -0.466 e. The second-order valence-corrected chi connectivity index (χ2v) is 12.1. The highest BCUT2D eigenvalue weighted by Gasteiger charge is 2.80. The summed E-state index contributed by atoms with van der Waals surface area (Å²) in [7, 11) is 0. The Labute approximate surface area is 232 Å². The number of carbonyl (C=O) groups excluding carboxylic acids is 3. The van der Waals surface area contributed by atoms with Gasteiger partial charge in [0.05, 0.1) is 30.8 Å². The van der Waals surface area contributed by atoms with Crippen LogP contribution in [0.1, 0.15) is 58.6 Å². The number of aryl methyl sites for hydroxylation is 2. The molecular weight excluding hydrogens is 496 g/mol. The summed E-state index contributed by atoms with van der Waals surface area (Å²) in [5, 5.41) is 10.5. The van der Waals surface area contributed by atoms with Gasteiger partial charge in [0.15, 0.2) is 0 Å². The molecule has 39 heavy (non-hydrogen) atoms. The molecule has 2 bridgehead atoms. The first-order valence-electron chi connectivity index (χ1n) is 14.2. The second kappa shape index (κ2) is 10.7. The number of rotatable bonds is 10. The summed E-state index contributed by atoms with van der Waals surface area (Å²) >= 11 is 0. The number of para-hydroxylation sites is 1. The summed E-state index contributed by atoms with van der Waals surface area (Å²) in [6.45, 7) is 17.6. The standard InChI is InChI=1S/C31H44N2O6/c1-9-14-32(25-19(5)12-11-13-20(25)6)28(36)26-31-16-21(7)30(8,39-31)24(29(37)38-10-2)23(31)27(35)33(26)22(17-34)15-18(3)4/h9,11-13,18,21-24,26,34H,1,10,14-17H2,2-8H3/t21?,22-,23+,24-,26?,30+,31?/m1/s1. The van der Waals surface area contributed by atoms with E-state index in [2.05, 4.69) is 6.58 Å². The number of hydrogen-bond acceptors (Lipinski definition) is 6. The van der Waals surface area contributed by atoms with Crippen molar-refractivity contribution >= 4 is 23.5 Å². The number of carbonyl (C=O) groups is 3. The highest BCUT2D eigenvalue weighted by molar-refractivity contribution is 6.05. The molecule has 0 aromatic heterocycles. The van der Waals surface area contributed by atoms with Crippen molar-refractivity contribution < 1.29 is 29.0 Å². The summed E-state index contributed by atoms with van der Waals surface area (Å²) < 4.78 is 12.3. The number of amides is 2. The SMILES string of the molecule is C=CCN(C(=O)C1N([C@@H](CO)CC(C)C)C(=O)[C@@H]2[C@H](C(=O)OCC)[C@@]3(C)OC12CC3C)c1c(C)cccc1C. The Hall–Kier alpha value is -2.71. The summed E-state index contributed by atoms with van der Waals surface area (Å²) in [4.78, 5) is 45.9. The average Bonchev–Trinajstić information content (AvgIpc) is 3.38. The van der Waals surface area contributed by atoms with Crippen LogP contribution in [0.5, 0.6) is 0 Å². The van der Waals surface area contributed by atoms with Crippen molar-refractivity contribution in [1.29, 1.82) is 0 Å². The van der Waals surface area contributed by atoms with Crippen LogP contribution in [0.25, 0.3) is 0 Å². The minimum absolute atomic E-state index is 0.0862. The Morgan fingerprint density at radius 3 is 2.49 bits per heavy atom. The molecule has 3 fully saturated rings. The van der Waals surface area contributed by atoms with Crippen LogP contribution in [0.2, 0.25) is 0 Å². The number of hydrogen-bond donors (Lipinski definition) is 1. The topological polar surface area (TPSA) is 96.4 Å². The number of fused-ring (bicyclic) bond motifs is 1. The molecule has 3 unspecified atom stereocenters. The first-order valence-corrected chi connectivity index (χ1v) is 14.2. The van der Waals surface area contributed by atoms with Gasteiger partial charge in [0.1, 0.15) is 17.6 Å². The molecule has 0 radical (unpaired) electrons. The van der Waals surface area contributed by atoms with Gasteiger partial charge >= 0.3 is 5.97 Å². The van der Waals surface area contributed by atoms with Crippen LogP contribution in [-0.2, 0) is 23.9 Å². The van der Waals surface area contributed by atoms with Crippen molar-refractivity contribution in [1.82, 2.24) is 4.90 Å². The maximum absolute atomic E-state index is 14.8. The molecule has 7 atom stereocenters. The minimum atomic E-state index is -1.21. The van der Waals surface area contributed by atoms with Gasteiger partial charge in [-0.1, -0.05) is 45.0 Å². The molecule has 0 saturated carbocycles. The number of aliphatic hydroxyl groups excluding tert-OH is 1. The molecular formula is C31H44N2O6. The van der Waals surface area contributed by atoms with Gasteiger partial charge in [-0.05, 0) is 63.5 Å². The summed E-state index contributed by atoms with van der Waals surface area (Å²) in [6.07, 6.45) is 2.64. The zero-order valence-electron chi connectivity index (χ0n) is 24.4. The Bertz CT molecular complexity index is 1130. The maximum atomic E-state index is 14.8. The van der Waals surface area contributed by atoms with Gasteiger partial charge in [0.25, 0.3) is 5.91 Å². The fourth-order valence-electron chi connectivity index (χ4n) is 7.56. The van der Waals surface area contributed by atoms with E-state index in [1.54, 1.807) is 22.8 Å². The number of ether oxygens (including phenoxy) is 2. The van der Waals surface area contributed by atoms with Crippen molar-refractivity contribution in [3.63, 3.8) is 0 Å². The van der Waals surface area contributed by atoms with Gasteiger partial charge < -0.3 is 24.4 Å². The second-order valence-electron chi connectivity index (χ2n) is 12.1. The van der Waals surface area contributed by atoms with Gasteiger partial charge in [0.2, 0.25) is 5.91 Å². The Balaban J connectivity index is 1.92. The van der Waals surface area contributed by atoms with Gasteiger partial charge in [0, 0.05) is 12.2 Å². The fraction of sp³-hybridized carbons (Fsp3) is 0.645. The average molecular weight is 541 g/mol. The van der Waals surface area contributed by atoms with Crippen molar-refractivity contribution in [3.05, 3.63) is 42.0 Å². The van der Waals surface area contributed by atoms with Gasteiger partial charge in [-0.15, -0.1) is 6.58 Å². The van der Waals surface area contributed by atoms with Crippen LogP contribution < -0.4 is 4.90 Å². The predicted molar refractivity (Wildman–Crippen MR) is 149 cm³/mol. The summed E-state index contributed by atoms with van der Waals surface area (Å²) in [5.74, 6) is -2.69. The van der Waals surface area contributed by atoms with Crippen LogP contribution in [0, 0.1) is 37.5 Å². The number of esters is 1. The van der Waals surface area contributed by atoms with E-state index in [9.17, 15) is 19.5 Å². The van der Waals surface area contributed by atoms with Crippen molar-refractivity contribution in [3.8, 4) is 0 Å². The Kier molecular flexibility index (Phi) is 8.03. The lowest BCUT2D eigenvalue weighted by Crippen LogP contribution is -2.59. The molecule has 3 aliphatic heterocycles. The highest BCUT2D eigenvalue weighted by Crippen LogP contribution is 2.66. The molecule has 3 heterocycles. The Morgan fingerprint density at radius 1 is 1.31 bits per heavy atom. The molecule has 2 amide bonds. The molecule has 1 spiro atoms. The van der Waals surface area contributed by atoms with Gasteiger partial charge in [-0.25, -0.2) is 0 Å². The summed E-state index contributed by atoms with van der Waals surface area (Å²) in [5.41, 5.74) is 0.481. The number of anilines is 1. The maximum Gasteiger partial charge on any atom is 0.312 e. The lowest BCUT2D eigenvalue weighted by Gasteiger charge is -2.40. The zero-order valence-corrected chi connectivity index (χ0v) is 24.4. The molecule has 214 valence electrons. The van der Waals surface area contributed by atoms with Crippen LogP contribution in [-0.4, -0.2) is 70.8 Å². The molecule has 8 heteroatoms. The van der Waals surface area contributed by atoms with E-state index in [4.69, 9.17) is 9.47 Å². The molecule has 4 rings (SSSR count). The van der Waals surface area contributed by atoms with Crippen LogP contribution >= 0.6 is 0 Å². The van der Waals surface area contributed by atoms with E-state index in [1.807, 2.05) is 59.7 Å². The predicted octanol–water partition coefficient (Wildman–Crippen LogP) is 3.80. The molecule has 3 saturated heterocycles. The quantitative estimate of drug-likeness (QED) is 0.358. The van der Waals surface area contributed by atoms with E-state index in [0.717, 1.165) is 16.8 Å². The first kappa shape index (κ1) is 29.3. The normalized spacial score (nSPS) is 31.9. The smallest absolute Gasteiger partial charge is 0.312 e. The number of aliphatic hydroxyl groups is 1. The molecule has 1 aromatic rings. The zero-order chi connectivity index (χ0) is 28.9. The van der Waals surface area contributed by atoms with Crippen molar-refractivity contribution in [2.45, 2.75) is 84.6 Å². The number of nitrogens with zero attached hydrogens (tertiary/aromatic N) is 2. The molecule has 1 N–H and O–H groups in total. The van der Waals surface area contributed by atoms with Crippen LogP contribution in [0.15, 0.2) is 30.9 Å². The van der Waals surface area contributed by atoms with Crippen LogP contribution in [0.3, 0.4) is 0 Å². The monoisotopic (exact) mass is 540 g/mol. The van der Waals surface area contributed by atoms with Crippen molar-refractivity contribution in [2.75, 3.05) is 24.7 Å². The molecule has 1 aromatic carbocycles. The molecule has 3 aliphatic rings. The Morgan fingerprint density at radius 2 is 1.95 bits per heavy atom. The third-order valence-corrected chi connectivity index (χ3v) is 9.16. The third kappa shape index (κ3) is 4.40. The van der Waals surface area contributed by atoms with E-state index in [-0.39, 0.29) is 43.4 Å². The molecule has 0 aliphatic carbocycles. The summed E-state index contributed by atoms with van der Waals surface area (Å²) in [6, 6.07) is 4.26. The fourth-order valence-corrected chi connectivity index (χ4v) is 7.56. The molecule has 8 nitrogen and oxygen atoms in total. The lowest BCUT2D eigenvalue weighted by molar-refractivity contribution is -0.162. The van der Waals surface area contributed by atoms with Gasteiger partial charge in [-0.2, -0.15) is 0 Å². The van der Waals surface area contributed by atoms with Crippen molar-refractivity contribution in [2.24, 2.45) is 23.7 Å². The van der Waals surface area contributed by atoms with E-state index >= 15 is 0 Å². The van der Waals surface area contributed by atoms with Crippen LogP contribution in [0.4, 0.5) is 5.69 Å². The highest BCUT2D eigenvalue weighted by atomic mass is 16.6. The number of likely N-dealkylation sites (tertiary alicyclic amines) is 1. The van der Waals surface area contributed by atoms with Gasteiger partial charge in [-0.3, -0.25) is 14.4 Å². The van der Waals surface area contributed by atoms with E-state index < -0.39 is 41.1 Å². The third-order valence-electron chi connectivity index (χ3n) is 9.16.